The summed E-state index contributed by atoms with van der Waals surface area (Å²) in [5.74, 6) is 0.803. The summed E-state index contributed by atoms with van der Waals surface area (Å²) >= 11 is 4.90. The van der Waals surface area contributed by atoms with E-state index in [1.54, 1.807) is 12.4 Å². The molecule has 1 fully saturated rings. The van der Waals surface area contributed by atoms with Crippen LogP contribution in [-0.4, -0.2) is 40.3 Å². The van der Waals surface area contributed by atoms with E-state index in [9.17, 15) is 0 Å². The van der Waals surface area contributed by atoms with Gasteiger partial charge in [0, 0.05) is 13.1 Å². The molecule has 0 spiro atoms. The molecule has 1 aromatic rings. The van der Waals surface area contributed by atoms with Gasteiger partial charge >= 0.3 is 0 Å². The Kier molecular flexibility index (Phi) is 3.54. The summed E-state index contributed by atoms with van der Waals surface area (Å²) in [6, 6.07) is 0. The molecule has 2 atom stereocenters. The van der Waals surface area contributed by atoms with Crippen LogP contribution in [0.25, 0.3) is 0 Å². The van der Waals surface area contributed by atoms with Gasteiger partial charge in [-0.1, -0.05) is 12.2 Å². The Morgan fingerprint density at radius 1 is 1.41 bits per heavy atom. The number of thiocarbonyl (C=S) groups is 1. The zero-order valence-electron chi connectivity index (χ0n) is 9.96. The average Bonchev–Trinajstić information content (AvgIpc) is 2.28. The van der Waals surface area contributed by atoms with Gasteiger partial charge in [0.05, 0.1) is 24.6 Å². The molecule has 0 amide bonds. The number of ether oxygens (including phenoxy) is 1. The number of anilines is 1. The van der Waals surface area contributed by atoms with E-state index >= 15 is 0 Å². The molecule has 0 bridgehead atoms. The third-order valence-corrected chi connectivity index (χ3v) is 2.83. The Bertz CT molecular complexity index is 416. The molecule has 6 heteroatoms. The van der Waals surface area contributed by atoms with Gasteiger partial charge in [0.2, 0.25) is 0 Å². The van der Waals surface area contributed by atoms with E-state index < -0.39 is 0 Å². The fourth-order valence-electron chi connectivity index (χ4n) is 1.99. The summed E-state index contributed by atoms with van der Waals surface area (Å²) < 4.78 is 5.68. The number of hydrogen-bond acceptors (Lipinski definition) is 5. The summed E-state index contributed by atoms with van der Waals surface area (Å²) in [6.07, 6.45) is 3.69. The van der Waals surface area contributed by atoms with Crippen LogP contribution in [0, 0.1) is 0 Å². The Morgan fingerprint density at radius 2 is 2.06 bits per heavy atom. The predicted molar refractivity (Wildman–Crippen MR) is 70.1 cm³/mol. The molecule has 1 aliphatic rings. The highest BCUT2D eigenvalue weighted by Crippen LogP contribution is 2.17. The van der Waals surface area contributed by atoms with E-state index in [1.807, 2.05) is 13.8 Å². The molecule has 2 N–H and O–H groups in total. The minimum atomic E-state index is 0.189. The predicted octanol–water partition coefficient (Wildman–Crippen LogP) is 0.724. The van der Waals surface area contributed by atoms with Crippen molar-refractivity contribution in [3.63, 3.8) is 0 Å². The zero-order valence-corrected chi connectivity index (χ0v) is 10.8. The lowest BCUT2D eigenvalue weighted by Gasteiger charge is -2.35. The molecule has 0 radical (unpaired) electrons. The standard InChI is InChI=1S/C11H16N4OS/c1-7-5-15(6-8(2)16-7)10-4-13-3-9(14-10)11(12)17/h3-4,7-8H,5-6H2,1-2H3,(H2,12,17). The van der Waals surface area contributed by atoms with Gasteiger partial charge < -0.3 is 15.4 Å². The van der Waals surface area contributed by atoms with Crippen LogP contribution in [0.1, 0.15) is 19.5 Å². The molecular formula is C11H16N4OS. The van der Waals surface area contributed by atoms with Crippen LogP contribution in [0.2, 0.25) is 0 Å². The first-order valence-electron chi connectivity index (χ1n) is 5.58. The number of hydrogen-bond donors (Lipinski definition) is 1. The van der Waals surface area contributed by atoms with Crippen LogP contribution < -0.4 is 10.6 Å². The van der Waals surface area contributed by atoms with Crippen molar-refractivity contribution in [2.45, 2.75) is 26.1 Å². The maximum atomic E-state index is 5.68. The highest BCUT2D eigenvalue weighted by molar-refractivity contribution is 7.80. The van der Waals surface area contributed by atoms with E-state index in [0.717, 1.165) is 18.9 Å². The Balaban J connectivity index is 2.21. The van der Waals surface area contributed by atoms with E-state index in [4.69, 9.17) is 22.7 Å². The van der Waals surface area contributed by atoms with Crippen LogP contribution in [-0.2, 0) is 4.74 Å². The minimum absolute atomic E-state index is 0.189. The molecule has 2 rings (SSSR count). The van der Waals surface area contributed by atoms with Gasteiger partial charge in [-0.05, 0) is 13.8 Å². The zero-order chi connectivity index (χ0) is 12.4. The maximum absolute atomic E-state index is 5.68. The highest BCUT2D eigenvalue weighted by atomic mass is 32.1. The number of morpholine rings is 1. The van der Waals surface area contributed by atoms with E-state index in [2.05, 4.69) is 14.9 Å². The van der Waals surface area contributed by atoms with Gasteiger partial charge in [-0.25, -0.2) is 4.98 Å². The lowest BCUT2D eigenvalue weighted by atomic mass is 10.2. The molecule has 0 aromatic carbocycles. The third-order valence-electron chi connectivity index (χ3n) is 2.62. The molecule has 2 heterocycles. The lowest BCUT2D eigenvalue weighted by molar-refractivity contribution is -0.00547. The first kappa shape index (κ1) is 12.2. The molecule has 1 aromatic heterocycles. The Hall–Kier alpha value is -1.27. The topological polar surface area (TPSA) is 64.3 Å². The molecule has 92 valence electrons. The fraction of sp³-hybridized carbons (Fsp3) is 0.545. The fourth-order valence-corrected chi connectivity index (χ4v) is 2.09. The van der Waals surface area contributed by atoms with Gasteiger partial charge in [-0.3, -0.25) is 4.98 Å². The van der Waals surface area contributed by atoms with Gasteiger partial charge in [0.25, 0.3) is 0 Å². The SMILES string of the molecule is CC1CN(c2cncc(C(N)=S)n2)CC(C)O1. The van der Waals surface area contributed by atoms with E-state index in [1.165, 1.54) is 0 Å². The molecule has 1 aliphatic heterocycles. The quantitative estimate of drug-likeness (QED) is 0.783. The molecular weight excluding hydrogens is 236 g/mol. The molecule has 17 heavy (non-hydrogen) atoms. The third kappa shape index (κ3) is 2.89. The van der Waals surface area contributed by atoms with Crippen LogP contribution in [0.5, 0.6) is 0 Å². The maximum Gasteiger partial charge on any atom is 0.148 e. The Morgan fingerprint density at radius 3 is 2.65 bits per heavy atom. The normalized spacial score (nSPS) is 24.7. The first-order chi connectivity index (χ1) is 8.06. The first-order valence-corrected chi connectivity index (χ1v) is 5.99. The molecule has 1 saturated heterocycles. The van der Waals surface area contributed by atoms with Crippen LogP contribution in [0.15, 0.2) is 12.4 Å². The second kappa shape index (κ2) is 4.93. The van der Waals surface area contributed by atoms with Crippen molar-refractivity contribution in [2.75, 3.05) is 18.0 Å². The molecule has 5 nitrogen and oxygen atoms in total. The van der Waals surface area contributed by atoms with Crippen LogP contribution >= 0.6 is 12.2 Å². The summed E-state index contributed by atoms with van der Waals surface area (Å²) in [4.78, 5) is 10.9. The van der Waals surface area contributed by atoms with E-state index in [-0.39, 0.29) is 17.2 Å². The van der Waals surface area contributed by atoms with Gasteiger partial charge in [0.1, 0.15) is 16.5 Å². The van der Waals surface area contributed by atoms with Gasteiger partial charge in [-0.2, -0.15) is 0 Å². The summed E-state index contributed by atoms with van der Waals surface area (Å²) in [6.45, 7) is 5.71. The minimum Gasteiger partial charge on any atom is -0.388 e. The largest absolute Gasteiger partial charge is 0.388 e. The van der Waals surface area contributed by atoms with Gasteiger partial charge in [0.15, 0.2) is 0 Å². The molecule has 0 saturated carbocycles. The second-order valence-corrected chi connectivity index (χ2v) is 4.73. The number of aromatic nitrogens is 2. The summed E-state index contributed by atoms with van der Waals surface area (Å²) in [5.41, 5.74) is 6.11. The highest BCUT2D eigenvalue weighted by Gasteiger charge is 2.23. The van der Waals surface area contributed by atoms with Crippen molar-refractivity contribution in [3.8, 4) is 0 Å². The summed E-state index contributed by atoms with van der Waals surface area (Å²) in [5, 5.41) is 0. The van der Waals surface area contributed by atoms with Gasteiger partial charge in [-0.15, -0.1) is 0 Å². The molecule has 2 unspecified atom stereocenters. The van der Waals surface area contributed by atoms with Crippen molar-refractivity contribution < 1.29 is 4.74 Å². The Labute approximate surface area is 106 Å². The van der Waals surface area contributed by atoms with Crippen molar-refractivity contribution in [1.29, 1.82) is 0 Å². The summed E-state index contributed by atoms with van der Waals surface area (Å²) in [7, 11) is 0. The van der Waals surface area contributed by atoms with Crippen molar-refractivity contribution >= 4 is 23.0 Å². The monoisotopic (exact) mass is 252 g/mol. The second-order valence-electron chi connectivity index (χ2n) is 4.29. The van der Waals surface area contributed by atoms with Crippen LogP contribution in [0.4, 0.5) is 5.82 Å². The number of nitrogens with two attached hydrogens (primary N) is 1. The van der Waals surface area contributed by atoms with Crippen molar-refractivity contribution in [2.24, 2.45) is 5.73 Å². The lowest BCUT2D eigenvalue weighted by Crippen LogP contribution is -2.46. The van der Waals surface area contributed by atoms with E-state index in [0.29, 0.717) is 5.69 Å². The smallest absolute Gasteiger partial charge is 0.148 e. The average molecular weight is 252 g/mol. The van der Waals surface area contributed by atoms with Crippen molar-refractivity contribution in [1.82, 2.24) is 9.97 Å². The number of rotatable bonds is 2. The number of nitrogens with zero attached hydrogens (tertiary/aromatic N) is 3. The van der Waals surface area contributed by atoms with Crippen molar-refractivity contribution in [3.05, 3.63) is 18.1 Å². The van der Waals surface area contributed by atoms with Crippen LogP contribution in [0.3, 0.4) is 0 Å². The molecule has 0 aliphatic carbocycles.